The molecule has 6 nitrogen and oxygen atoms in total. The van der Waals surface area contributed by atoms with Gasteiger partial charge in [-0.25, -0.2) is 0 Å². The van der Waals surface area contributed by atoms with Crippen LogP contribution in [0.5, 0.6) is 0 Å². The molecule has 0 unspecified atom stereocenters. The van der Waals surface area contributed by atoms with E-state index in [-0.39, 0.29) is 113 Å². The van der Waals surface area contributed by atoms with Crippen LogP contribution in [0.15, 0.2) is 0 Å². The molecule has 0 atom stereocenters. The van der Waals surface area contributed by atoms with Gasteiger partial charge < -0.3 is 32.9 Å². The first-order chi connectivity index (χ1) is 0. The second-order valence-corrected chi connectivity index (χ2v) is 0. The first-order valence-corrected chi connectivity index (χ1v) is 0. The van der Waals surface area contributed by atoms with E-state index < -0.39 is 0 Å². The van der Waals surface area contributed by atoms with Crippen molar-refractivity contribution in [1.82, 2.24) is 0 Å². The molecule has 0 spiro atoms. The van der Waals surface area contributed by atoms with Crippen LogP contribution in [0.25, 0.3) is 0 Å². The molecule has 0 aromatic rings. The molecular formula is H12AlCuO6ZnZr. The molecule has 10 heteroatoms. The van der Waals surface area contributed by atoms with Crippen LogP contribution >= 0.6 is 0 Å². The fourth-order valence-electron chi connectivity index (χ4n) is 0. The normalized spacial score (nSPS) is 0. The molecule has 0 aliphatic heterocycles. The third-order valence-corrected chi connectivity index (χ3v) is 0. The van der Waals surface area contributed by atoms with Gasteiger partial charge in [0.05, 0.1) is 0 Å². The van der Waals surface area contributed by atoms with Crippen LogP contribution in [0.4, 0.5) is 0 Å². The van der Waals surface area contributed by atoms with Crippen LogP contribution in [-0.2, 0) is 62.8 Å². The van der Waals surface area contributed by atoms with E-state index in [1.54, 1.807) is 0 Å². The van der Waals surface area contributed by atoms with Crippen LogP contribution in [0.1, 0.15) is 0 Å². The Morgan fingerprint density at radius 2 is 0.500 bits per heavy atom. The summed E-state index contributed by atoms with van der Waals surface area (Å²) < 4.78 is 0. The van der Waals surface area contributed by atoms with E-state index in [1.807, 2.05) is 0 Å². The monoisotopic (exact) mass is 352 g/mol. The Kier molecular flexibility index (Phi) is 6580. The smallest absolute Gasteiger partial charge is 0 e. The van der Waals surface area contributed by atoms with Gasteiger partial charge in [-0.1, -0.05) is 0 Å². The van der Waals surface area contributed by atoms with Gasteiger partial charge in [-0.15, -0.1) is 0 Å². The maximum atomic E-state index is 0. The van der Waals surface area contributed by atoms with Gasteiger partial charge >= 0.3 is 0 Å². The topological polar surface area (TPSA) is 189 Å². The Balaban J connectivity index is 0. The van der Waals surface area contributed by atoms with Crippen LogP contribution < -0.4 is 0 Å². The number of hydrogen-bond acceptors (Lipinski definition) is 0. The van der Waals surface area contributed by atoms with Crippen molar-refractivity contribution in [3.8, 4) is 0 Å². The summed E-state index contributed by atoms with van der Waals surface area (Å²) >= 11 is 0. The first-order valence-electron chi connectivity index (χ1n) is 0. The standard InChI is InChI=1S/Al.Cu.6H2O.Zn.Zr/h;;6*1H2;;. The summed E-state index contributed by atoms with van der Waals surface area (Å²) in [4.78, 5) is 0. The molecule has 0 aromatic carbocycles. The Hall–Kier alpha value is 2.32. The SMILES string of the molecule is O.O.O.O.O.O.[Al].[Cu].[Zn].[Zr]. The van der Waals surface area contributed by atoms with Crippen LogP contribution in [0.3, 0.4) is 0 Å². The van der Waals surface area contributed by atoms with Crippen molar-refractivity contribution in [2.24, 2.45) is 0 Å². The molecule has 0 aliphatic rings. The molecule has 0 saturated carbocycles. The van der Waals surface area contributed by atoms with Gasteiger partial charge in [-0.2, -0.15) is 0 Å². The Morgan fingerprint density at radius 3 is 0.500 bits per heavy atom. The zero-order valence-corrected chi connectivity index (χ0v) is 12.6. The molecule has 0 aromatic heterocycles. The minimum atomic E-state index is 0. The van der Waals surface area contributed by atoms with E-state index in [0.717, 1.165) is 0 Å². The number of rotatable bonds is 0. The molecule has 0 amide bonds. The van der Waals surface area contributed by atoms with Gasteiger partial charge in [0.25, 0.3) is 0 Å². The van der Waals surface area contributed by atoms with Gasteiger partial charge in [-0.05, 0) is 0 Å². The molecular weight excluding hydrogens is 343 g/mol. The fraction of sp³-hybridized carbons (Fsp3) is 0. The van der Waals surface area contributed by atoms with E-state index in [1.165, 1.54) is 0 Å². The maximum absolute atomic E-state index is 0. The summed E-state index contributed by atoms with van der Waals surface area (Å²) in [5, 5.41) is 0. The quantitative estimate of drug-likeness (QED) is 0.375. The molecule has 4 radical (unpaired) electrons. The van der Waals surface area contributed by atoms with Crippen LogP contribution in [0.2, 0.25) is 0 Å². The van der Waals surface area contributed by atoms with Gasteiger partial charge in [0.1, 0.15) is 0 Å². The van der Waals surface area contributed by atoms with Crippen molar-refractivity contribution >= 4 is 17.4 Å². The Labute approximate surface area is 112 Å². The van der Waals surface area contributed by atoms with Crippen molar-refractivity contribution in [3.05, 3.63) is 0 Å². The van der Waals surface area contributed by atoms with E-state index in [0.29, 0.717) is 0 Å². The minimum Gasteiger partial charge on any atom is -0.412 e. The minimum absolute atomic E-state index is 0. The van der Waals surface area contributed by atoms with Crippen molar-refractivity contribution in [2.75, 3.05) is 0 Å². The summed E-state index contributed by atoms with van der Waals surface area (Å²) in [6, 6.07) is 0. The first kappa shape index (κ1) is 294. The third kappa shape index (κ3) is 167. The predicted molar refractivity (Wildman–Crippen MR) is 27.4 cm³/mol. The molecule has 0 bridgehead atoms. The largest absolute Gasteiger partial charge is 0.412 e. The molecule has 0 aliphatic carbocycles. The fourth-order valence-corrected chi connectivity index (χ4v) is 0. The molecule has 0 rings (SSSR count). The van der Waals surface area contributed by atoms with Crippen molar-refractivity contribution in [3.63, 3.8) is 0 Å². The van der Waals surface area contributed by atoms with Crippen LogP contribution in [0, 0.1) is 0 Å². The van der Waals surface area contributed by atoms with Crippen molar-refractivity contribution in [1.29, 1.82) is 0 Å². The average molecular weight is 355 g/mol. The second kappa shape index (κ2) is 224. The van der Waals surface area contributed by atoms with E-state index in [9.17, 15) is 0 Å². The Bertz CT molecular complexity index is 17.7. The third-order valence-electron chi connectivity index (χ3n) is 0. The maximum Gasteiger partial charge on any atom is 0 e. The van der Waals surface area contributed by atoms with Crippen LogP contribution in [-0.4, -0.2) is 50.2 Å². The molecule has 0 heterocycles. The number of hydrogen-bond donors (Lipinski definition) is 0. The van der Waals surface area contributed by atoms with Crippen molar-refractivity contribution in [2.45, 2.75) is 0 Å². The summed E-state index contributed by atoms with van der Waals surface area (Å²) in [5.74, 6) is 0. The van der Waals surface area contributed by atoms with E-state index in [2.05, 4.69) is 0 Å². The van der Waals surface area contributed by atoms with Gasteiger partial charge in [0.2, 0.25) is 0 Å². The zero-order chi connectivity index (χ0) is 0. The average Bonchev–Trinajstić information content (AvgIpc) is 0. The summed E-state index contributed by atoms with van der Waals surface area (Å²) in [5.41, 5.74) is 0. The predicted octanol–water partition coefficient (Wildman–Crippen LogP) is -5.34. The van der Waals surface area contributed by atoms with E-state index in [4.69, 9.17) is 0 Å². The van der Waals surface area contributed by atoms with Gasteiger partial charge in [0.15, 0.2) is 0 Å². The van der Waals surface area contributed by atoms with E-state index >= 15 is 0 Å². The van der Waals surface area contributed by atoms with Crippen molar-refractivity contribution < 1.29 is 95.6 Å². The molecule has 0 fully saturated rings. The Morgan fingerprint density at radius 1 is 0.500 bits per heavy atom. The summed E-state index contributed by atoms with van der Waals surface area (Å²) in [6.07, 6.45) is 0. The summed E-state index contributed by atoms with van der Waals surface area (Å²) in [7, 11) is 0. The van der Waals surface area contributed by atoms with Gasteiger partial charge in [-0.3, -0.25) is 0 Å². The molecule has 68 valence electrons. The summed E-state index contributed by atoms with van der Waals surface area (Å²) in [6.45, 7) is 0. The zero-order valence-electron chi connectivity index (χ0n) is 5.09. The van der Waals surface area contributed by atoms with Gasteiger partial charge in [0, 0.05) is 80.1 Å². The second-order valence-electron chi connectivity index (χ2n) is 0. The molecule has 0 saturated heterocycles. The molecule has 10 heavy (non-hydrogen) atoms. The molecule has 12 N–H and O–H groups in total.